The molecule has 0 saturated heterocycles. The molecule has 0 radical (unpaired) electrons. The summed E-state index contributed by atoms with van der Waals surface area (Å²) in [6, 6.07) is 1.49. The van der Waals surface area contributed by atoms with Crippen LogP contribution < -0.4 is 16.7 Å². The molecular weight excluding hydrogens is 236 g/mol. The molecule has 0 saturated carbocycles. The average Bonchev–Trinajstić information content (AvgIpc) is 2.35. The van der Waals surface area contributed by atoms with Crippen LogP contribution in [0.5, 0.6) is 0 Å². The molecule has 2 atom stereocenters. The van der Waals surface area contributed by atoms with Crippen LogP contribution in [0.3, 0.4) is 0 Å². The molecule has 1 heterocycles. The average molecular weight is 256 g/mol. The standard InChI is InChI=1S/C11H20N4O3/c1-3-8(6-13-2)18-10(7-16)15-5-4-9(12)14-11(15)17/h4-5,8,10,13,16H,3,6-7H2,1-2H3,(H2,12,14,17). The smallest absolute Gasteiger partial charge is 0.351 e. The Morgan fingerprint density at radius 1 is 1.67 bits per heavy atom. The molecule has 0 aliphatic rings. The van der Waals surface area contributed by atoms with Gasteiger partial charge in [-0.3, -0.25) is 4.57 Å². The number of rotatable bonds is 7. The first-order chi connectivity index (χ1) is 8.62. The van der Waals surface area contributed by atoms with Gasteiger partial charge in [-0.25, -0.2) is 4.79 Å². The quantitative estimate of drug-likeness (QED) is 0.598. The largest absolute Gasteiger partial charge is 0.392 e. The monoisotopic (exact) mass is 256 g/mol. The zero-order valence-corrected chi connectivity index (χ0v) is 10.7. The van der Waals surface area contributed by atoms with Crippen molar-refractivity contribution in [3.63, 3.8) is 0 Å². The summed E-state index contributed by atoms with van der Waals surface area (Å²) in [5.74, 6) is 0.148. The number of nitrogen functional groups attached to an aromatic ring is 1. The van der Waals surface area contributed by atoms with Gasteiger partial charge in [-0.05, 0) is 19.5 Å². The lowest BCUT2D eigenvalue weighted by molar-refractivity contribution is -0.0818. The van der Waals surface area contributed by atoms with E-state index in [9.17, 15) is 9.90 Å². The minimum Gasteiger partial charge on any atom is -0.392 e. The van der Waals surface area contributed by atoms with Crippen molar-refractivity contribution >= 4 is 5.82 Å². The van der Waals surface area contributed by atoms with Crippen molar-refractivity contribution in [3.8, 4) is 0 Å². The van der Waals surface area contributed by atoms with Gasteiger partial charge in [0, 0.05) is 12.7 Å². The van der Waals surface area contributed by atoms with Crippen molar-refractivity contribution in [2.24, 2.45) is 0 Å². The van der Waals surface area contributed by atoms with E-state index in [1.165, 1.54) is 16.8 Å². The number of aromatic nitrogens is 2. The fraction of sp³-hybridized carbons (Fsp3) is 0.636. The van der Waals surface area contributed by atoms with E-state index in [0.29, 0.717) is 6.54 Å². The molecule has 102 valence electrons. The fourth-order valence-electron chi connectivity index (χ4n) is 1.58. The van der Waals surface area contributed by atoms with Gasteiger partial charge in [-0.15, -0.1) is 0 Å². The van der Waals surface area contributed by atoms with Crippen LogP contribution in [-0.4, -0.2) is 41.0 Å². The number of likely N-dealkylation sites (N-methyl/N-ethyl adjacent to an activating group) is 1. The predicted octanol–water partition coefficient (Wildman–Crippen LogP) is -0.669. The van der Waals surface area contributed by atoms with Gasteiger partial charge in [0.1, 0.15) is 5.82 Å². The fourth-order valence-corrected chi connectivity index (χ4v) is 1.58. The maximum atomic E-state index is 11.6. The number of nitrogens with two attached hydrogens (primary N) is 1. The number of aliphatic hydroxyl groups is 1. The number of hydrogen-bond donors (Lipinski definition) is 3. The molecule has 1 aromatic heterocycles. The van der Waals surface area contributed by atoms with E-state index in [4.69, 9.17) is 10.5 Å². The molecule has 0 bridgehead atoms. The summed E-state index contributed by atoms with van der Waals surface area (Å²) in [7, 11) is 1.82. The minimum atomic E-state index is -0.746. The lowest BCUT2D eigenvalue weighted by Crippen LogP contribution is -2.35. The van der Waals surface area contributed by atoms with Crippen LogP contribution >= 0.6 is 0 Å². The SMILES string of the molecule is CCC(CNC)OC(CO)n1ccc(N)nc1=O. The number of hydrogen-bond acceptors (Lipinski definition) is 6. The zero-order valence-electron chi connectivity index (χ0n) is 10.7. The Kier molecular flexibility index (Phi) is 5.76. The second kappa shape index (κ2) is 7.10. The number of anilines is 1. The summed E-state index contributed by atoms with van der Waals surface area (Å²) >= 11 is 0. The molecule has 4 N–H and O–H groups in total. The molecule has 7 nitrogen and oxygen atoms in total. The number of nitrogens with one attached hydrogen (secondary N) is 1. The normalized spacial score (nSPS) is 14.4. The number of nitrogens with zero attached hydrogens (tertiary/aromatic N) is 2. The van der Waals surface area contributed by atoms with Gasteiger partial charge < -0.3 is 20.9 Å². The van der Waals surface area contributed by atoms with E-state index in [1.54, 1.807) is 0 Å². The number of aliphatic hydroxyl groups excluding tert-OH is 1. The summed E-state index contributed by atoms with van der Waals surface area (Å²) in [5, 5.41) is 12.3. The van der Waals surface area contributed by atoms with Gasteiger partial charge >= 0.3 is 5.69 Å². The van der Waals surface area contributed by atoms with Crippen LogP contribution in [0.4, 0.5) is 5.82 Å². The highest BCUT2D eigenvalue weighted by molar-refractivity contribution is 5.23. The third-order valence-electron chi connectivity index (χ3n) is 2.55. The predicted molar refractivity (Wildman–Crippen MR) is 68.1 cm³/mol. The van der Waals surface area contributed by atoms with Gasteiger partial charge in [0.15, 0.2) is 6.23 Å². The van der Waals surface area contributed by atoms with Gasteiger partial charge in [0.25, 0.3) is 0 Å². The zero-order chi connectivity index (χ0) is 13.5. The van der Waals surface area contributed by atoms with E-state index in [0.717, 1.165) is 6.42 Å². The van der Waals surface area contributed by atoms with Crippen molar-refractivity contribution < 1.29 is 9.84 Å². The Balaban J connectivity index is 2.85. The van der Waals surface area contributed by atoms with Crippen molar-refractivity contribution in [1.29, 1.82) is 0 Å². The van der Waals surface area contributed by atoms with E-state index < -0.39 is 11.9 Å². The Bertz CT molecular complexity index is 421. The van der Waals surface area contributed by atoms with Crippen LogP contribution in [0.25, 0.3) is 0 Å². The molecule has 1 rings (SSSR count). The molecule has 0 fully saturated rings. The summed E-state index contributed by atoms with van der Waals surface area (Å²) in [6.07, 6.45) is 1.41. The molecule has 0 aromatic carbocycles. The molecule has 0 aliphatic carbocycles. The van der Waals surface area contributed by atoms with Gasteiger partial charge in [0.2, 0.25) is 0 Å². The lowest BCUT2D eigenvalue weighted by Gasteiger charge is -2.23. The second-order valence-electron chi connectivity index (χ2n) is 3.90. The summed E-state index contributed by atoms with van der Waals surface area (Å²) < 4.78 is 6.90. The first-order valence-corrected chi connectivity index (χ1v) is 5.88. The second-order valence-corrected chi connectivity index (χ2v) is 3.90. The van der Waals surface area contributed by atoms with E-state index in [2.05, 4.69) is 10.3 Å². The van der Waals surface area contributed by atoms with Crippen LogP contribution in [0.15, 0.2) is 17.1 Å². The first kappa shape index (κ1) is 14.6. The lowest BCUT2D eigenvalue weighted by atomic mass is 10.3. The summed E-state index contributed by atoms with van der Waals surface area (Å²) in [6.45, 7) is 2.32. The maximum absolute atomic E-state index is 11.6. The van der Waals surface area contributed by atoms with Crippen LogP contribution in [0.1, 0.15) is 19.6 Å². The molecule has 7 heteroatoms. The van der Waals surface area contributed by atoms with Crippen molar-refractivity contribution in [2.45, 2.75) is 25.7 Å². The summed E-state index contributed by atoms with van der Waals surface area (Å²) in [4.78, 5) is 15.2. The van der Waals surface area contributed by atoms with E-state index in [1.807, 2.05) is 14.0 Å². The molecule has 2 unspecified atom stereocenters. The minimum absolute atomic E-state index is 0.0865. The Morgan fingerprint density at radius 2 is 2.39 bits per heavy atom. The van der Waals surface area contributed by atoms with Gasteiger partial charge in [-0.2, -0.15) is 4.98 Å². The number of ether oxygens (including phenoxy) is 1. The summed E-state index contributed by atoms with van der Waals surface area (Å²) in [5.41, 5.74) is 4.87. The van der Waals surface area contributed by atoms with Crippen molar-refractivity contribution in [2.75, 3.05) is 25.9 Å². The Morgan fingerprint density at radius 3 is 2.89 bits per heavy atom. The van der Waals surface area contributed by atoms with Gasteiger partial charge in [0.05, 0.1) is 12.7 Å². The van der Waals surface area contributed by atoms with E-state index in [-0.39, 0.29) is 18.5 Å². The highest BCUT2D eigenvalue weighted by atomic mass is 16.5. The molecule has 0 spiro atoms. The molecule has 0 aliphatic heterocycles. The van der Waals surface area contributed by atoms with Gasteiger partial charge in [-0.1, -0.05) is 6.92 Å². The molecule has 0 amide bonds. The molecule has 1 aromatic rings. The van der Waals surface area contributed by atoms with E-state index >= 15 is 0 Å². The highest BCUT2D eigenvalue weighted by Gasteiger charge is 2.17. The Hall–Kier alpha value is -1.44. The first-order valence-electron chi connectivity index (χ1n) is 5.88. The highest BCUT2D eigenvalue weighted by Crippen LogP contribution is 2.10. The molecular formula is C11H20N4O3. The third-order valence-corrected chi connectivity index (χ3v) is 2.55. The van der Waals surface area contributed by atoms with Crippen molar-refractivity contribution in [1.82, 2.24) is 14.9 Å². The topological polar surface area (TPSA) is 102 Å². The van der Waals surface area contributed by atoms with Crippen LogP contribution in [0.2, 0.25) is 0 Å². The van der Waals surface area contributed by atoms with Crippen LogP contribution in [-0.2, 0) is 4.74 Å². The van der Waals surface area contributed by atoms with Crippen molar-refractivity contribution in [3.05, 3.63) is 22.7 Å². The third kappa shape index (κ3) is 3.80. The molecule has 18 heavy (non-hydrogen) atoms. The maximum Gasteiger partial charge on any atom is 0.351 e. The Labute approximate surface area is 106 Å². The van der Waals surface area contributed by atoms with Crippen LogP contribution in [0, 0.1) is 0 Å².